The minimum Gasteiger partial charge on any atom is -0.475 e. The van der Waals surface area contributed by atoms with Crippen LogP contribution in [0, 0.1) is 0 Å². The largest absolute Gasteiger partial charge is 0.475 e. The third-order valence-electron chi connectivity index (χ3n) is 5.56. The lowest BCUT2D eigenvalue weighted by atomic mass is 10.1. The summed E-state index contributed by atoms with van der Waals surface area (Å²) >= 11 is 0. The lowest BCUT2D eigenvalue weighted by Crippen LogP contribution is -2.38. The minimum absolute atomic E-state index is 0.187. The number of rotatable bonds is 8. The van der Waals surface area contributed by atoms with Crippen molar-refractivity contribution in [2.45, 2.75) is 13.0 Å². The number of hydrogen-bond acceptors (Lipinski definition) is 7. The summed E-state index contributed by atoms with van der Waals surface area (Å²) in [4.78, 5) is 25.0. The topological polar surface area (TPSA) is 116 Å². The summed E-state index contributed by atoms with van der Waals surface area (Å²) in [6, 6.07) is 24.8. The lowest BCUT2D eigenvalue weighted by molar-refractivity contribution is -0.124. The summed E-state index contributed by atoms with van der Waals surface area (Å²) in [6.45, 7) is 2.04. The van der Waals surface area contributed by atoms with Crippen molar-refractivity contribution < 1.29 is 9.53 Å². The van der Waals surface area contributed by atoms with Crippen molar-refractivity contribution >= 4 is 11.6 Å². The molecule has 3 aromatic heterocycles. The molecule has 1 unspecified atom stereocenters. The fourth-order valence-corrected chi connectivity index (χ4v) is 3.67. The molecule has 3 heterocycles. The Morgan fingerprint density at radius 2 is 1.61 bits per heavy atom. The van der Waals surface area contributed by atoms with Crippen LogP contribution < -0.4 is 15.6 Å². The van der Waals surface area contributed by atoms with E-state index in [1.807, 2.05) is 60.7 Å². The quantitative estimate of drug-likeness (QED) is 0.339. The van der Waals surface area contributed by atoms with Gasteiger partial charge in [0.2, 0.25) is 11.8 Å². The van der Waals surface area contributed by atoms with E-state index in [4.69, 9.17) is 4.74 Å². The maximum Gasteiger partial charge on any atom is 0.267 e. The monoisotopic (exact) mass is 481 g/mol. The Morgan fingerprint density at radius 3 is 2.36 bits per heavy atom. The molecule has 0 radical (unpaired) electrons. The summed E-state index contributed by atoms with van der Waals surface area (Å²) < 4.78 is 8.52. The van der Waals surface area contributed by atoms with Crippen molar-refractivity contribution in [3.8, 4) is 28.5 Å². The highest BCUT2D eigenvalue weighted by Crippen LogP contribution is 2.18. The fourth-order valence-electron chi connectivity index (χ4n) is 3.67. The van der Waals surface area contributed by atoms with Gasteiger partial charge in [0.05, 0.1) is 12.2 Å². The molecule has 10 nitrogen and oxygen atoms in total. The van der Waals surface area contributed by atoms with Gasteiger partial charge in [0.25, 0.3) is 5.56 Å². The standard InChI is InChI=1S/C26H23N7O3/c1-18(32-24(34)15-12-21(30-32)19-8-4-2-5-9-19)26(35)27-16-17-36-23-14-13-22-28-29-25(33(22)31-23)20-10-6-3-7-11-20/h2-15,18H,16-17H2,1H3,(H,27,35). The predicted molar refractivity (Wildman–Crippen MR) is 133 cm³/mol. The highest BCUT2D eigenvalue weighted by Gasteiger charge is 2.18. The van der Waals surface area contributed by atoms with Gasteiger partial charge in [0, 0.05) is 23.3 Å². The van der Waals surface area contributed by atoms with Crippen LogP contribution in [0.5, 0.6) is 5.88 Å². The Balaban J connectivity index is 1.21. The average molecular weight is 482 g/mol. The molecule has 0 bridgehead atoms. The van der Waals surface area contributed by atoms with Gasteiger partial charge in [-0.25, -0.2) is 4.68 Å². The molecule has 5 aromatic rings. The van der Waals surface area contributed by atoms with E-state index in [2.05, 4.69) is 25.7 Å². The maximum absolute atomic E-state index is 12.7. The van der Waals surface area contributed by atoms with Gasteiger partial charge >= 0.3 is 0 Å². The van der Waals surface area contributed by atoms with Crippen LogP contribution in [0.1, 0.15) is 13.0 Å². The number of aromatic nitrogens is 6. The lowest BCUT2D eigenvalue weighted by Gasteiger charge is -2.15. The zero-order valence-corrected chi connectivity index (χ0v) is 19.5. The van der Waals surface area contributed by atoms with Crippen molar-refractivity contribution in [2.75, 3.05) is 13.2 Å². The van der Waals surface area contributed by atoms with E-state index in [-0.39, 0.29) is 24.6 Å². The van der Waals surface area contributed by atoms with Crippen LogP contribution in [0.15, 0.2) is 89.7 Å². The molecule has 2 aromatic carbocycles. The molecule has 0 saturated heterocycles. The molecule has 1 N–H and O–H groups in total. The molecule has 0 aliphatic heterocycles. The van der Waals surface area contributed by atoms with Gasteiger partial charge in [-0.1, -0.05) is 60.7 Å². The summed E-state index contributed by atoms with van der Waals surface area (Å²) in [5.74, 6) is 0.635. The number of fused-ring (bicyclic) bond motifs is 1. The van der Waals surface area contributed by atoms with Gasteiger partial charge in [-0.3, -0.25) is 9.59 Å². The summed E-state index contributed by atoms with van der Waals surface area (Å²) in [5.41, 5.74) is 2.60. The van der Waals surface area contributed by atoms with Crippen molar-refractivity contribution in [1.29, 1.82) is 0 Å². The Hall–Kier alpha value is -4.86. The number of carbonyl (C=O) groups is 1. The molecule has 0 spiro atoms. The number of carbonyl (C=O) groups excluding carboxylic acids is 1. The van der Waals surface area contributed by atoms with Crippen molar-refractivity contribution in [3.63, 3.8) is 0 Å². The average Bonchev–Trinajstić information content (AvgIpc) is 3.35. The van der Waals surface area contributed by atoms with E-state index in [1.165, 1.54) is 10.7 Å². The number of nitrogens with zero attached hydrogens (tertiary/aromatic N) is 6. The van der Waals surface area contributed by atoms with Crippen LogP contribution >= 0.6 is 0 Å². The van der Waals surface area contributed by atoms with Gasteiger partial charge in [0.15, 0.2) is 11.5 Å². The zero-order chi connectivity index (χ0) is 24.9. The number of ether oxygens (including phenoxy) is 1. The van der Waals surface area contributed by atoms with Gasteiger partial charge in [-0.05, 0) is 19.1 Å². The molecular formula is C26H23N7O3. The fraction of sp³-hybridized carbons (Fsp3) is 0.154. The van der Waals surface area contributed by atoms with E-state index in [9.17, 15) is 9.59 Å². The molecule has 1 amide bonds. The maximum atomic E-state index is 12.7. The van der Waals surface area contributed by atoms with Gasteiger partial charge in [0.1, 0.15) is 12.6 Å². The Bertz CT molecular complexity index is 1550. The van der Waals surface area contributed by atoms with Crippen LogP contribution in [-0.2, 0) is 4.79 Å². The number of nitrogens with one attached hydrogen (secondary N) is 1. The second-order valence-corrected chi connectivity index (χ2v) is 8.01. The normalized spacial score (nSPS) is 11.8. The zero-order valence-electron chi connectivity index (χ0n) is 19.5. The highest BCUT2D eigenvalue weighted by molar-refractivity contribution is 5.79. The van der Waals surface area contributed by atoms with E-state index in [0.29, 0.717) is 23.0 Å². The number of benzene rings is 2. The molecule has 0 saturated carbocycles. The Morgan fingerprint density at radius 1 is 0.889 bits per heavy atom. The van der Waals surface area contributed by atoms with Gasteiger partial charge in [-0.2, -0.15) is 9.61 Å². The van der Waals surface area contributed by atoms with Crippen molar-refractivity contribution in [2.24, 2.45) is 0 Å². The molecule has 5 rings (SSSR count). The number of amides is 1. The molecule has 10 heteroatoms. The molecule has 0 aliphatic rings. The van der Waals surface area contributed by atoms with E-state index < -0.39 is 6.04 Å². The van der Waals surface area contributed by atoms with Crippen molar-refractivity contribution in [1.82, 2.24) is 34.9 Å². The summed E-state index contributed by atoms with van der Waals surface area (Å²) in [6.07, 6.45) is 0. The van der Waals surface area contributed by atoms with Gasteiger partial charge < -0.3 is 10.1 Å². The first-order valence-electron chi connectivity index (χ1n) is 11.4. The molecular weight excluding hydrogens is 458 g/mol. The first kappa shape index (κ1) is 22.9. The predicted octanol–water partition coefficient (Wildman–Crippen LogP) is 2.77. The van der Waals surface area contributed by atoms with Crippen LogP contribution in [0.2, 0.25) is 0 Å². The summed E-state index contributed by atoms with van der Waals surface area (Å²) in [5, 5.41) is 20.0. The third kappa shape index (κ3) is 4.83. The van der Waals surface area contributed by atoms with Gasteiger partial charge in [-0.15, -0.1) is 15.3 Å². The molecule has 1 atom stereocenters. The minimum atomic E-state index is -0.791. The van der Waals surface area contributed by atoms with E-state index in [1.54, 1.807) is 29.6 Å². The van der Waals surface area contributed by atoms with Crippen LogP contribution in [-0.4, -0.2) is 48.7 Å². The Kier molecular flexibility index (Phi) is 6.48. The van der Waals surface area contributed by atoms with E-state index in [0.717, 1.165) is 11.1 Å². The molecule has 180 valence electrons. The highest BCUT2D eigenvalue weighted by atomic mass is 16.5. The second kappa shape index (κ2) is 10.2. The SMILES string of the molecule is CC(C(=O)NCCOc1ccc2nnc(-c3ccccc3)n2n1)n1nc(-c2ccccc2)ccc1=O. The first-order valence-corrected chi connectivity index (χ1v) is 11.4. The molecule has 36 heavy (non-hydrogen) atoms. The van der Waals surface area contributed by atoms with Crippen molar-refractivity contribution in [3.05, 3.63) is 95.3 Å². The van der Waals surface area contributed by atoms with Crippen LogP contribution in [0.3, 0.4) is 0 Å². The second-order valence-electron chi connectivity index (χ2n) is 8.01. The Labute approximate surface area is 206 Å². The van der Waals surface area contributed by atoms with E-state index >= 15 is 0 Å². The van der Waals surface area contributed by atoms with Crippen LogP contribution in [0.4, 0.5) is 0 Å². The smallest absolute Gasteiger partial charge is 0.267 e. The first-order chi connectivity index (χ1) is 17.6. The third-order valence-corrected chi connectivity index (χ3v) is 5.56. The van der Waals surface area contributed by atoms with Crippen LogP contribution in [0.25, 0.3) is 28.3 Å². The molecule has 0 aliphatic carbocycles. The number of hydrogen-bond donors (Lipinski definition) is 1. The summed E-state index contributed by atoms with van der Waals surface area (Å²) in [7, 11) is 0. The molecule has 0 fully saturated rings.